The molecule has 1 aliphatic heterocycles. The Bertz CT molecular complexity index is 2210. The zero-order valence-electron chi connectivity index (χ0n) is 28.3. The fourth-order valence-electron chi connectivity index (χ4n) is 6.23. The Labute approximate surface area is 296 Å². The van der Waals surface area contributed by atoms with Gasteiger partial charge >= 0.3 is 0 Å². The summed E-state index contributed by atoms with van der Waals surface area (Å²) in [5, 5.41) is 16.3. The van der Waals surface area contributed by atoms with Crippen LogP contribution < -0.4 is 20.3 Å². The van der Waals surface area contributed by atoms with E-state index in [2.05, 4.69) is 68.2 Å². The molecule has 5 aromatic carbocycles. The van der Waals surface area contributed by atoms with Gasteiger partial charge in [0, 0.05) is 36.7 Å². The van der Waals surface area contributed by atoms with E-state index < -0.39 is 0 Å². The summed E-state index contributed by atoms with van der Waals surface area (Å²) in [5.41, 5.74) is 5.92. The van der Waals surface area contributed by atoms with Crippen molar-refractivity contribution in [2.24, 2.45) is 0 Å². The topological polar surface area (TPSA) is 113 Å². The molecular formula is C41H39N7O3. The van der Waals surface area contributed by atoms with Crippen molar-refractivity contribution in [1.29, 1.82) is 0 Å². The lowest BCUT2D eigenvalue weighted by Gasteiger charge is -2.30. The van der Waals surface area contributed by atoms with E-state index in [1.54, 1.807) is 7.11 Å². The van der Waals surface area contributed by atoms with Gasteiger partial charge in [-0.25, -0.2) is 9.97 Å². The van der Waals surface area contributed by atoms with E-state index in [-0.39, 0.29) is 18.6 Å². The predicted molar refractivity (Wildman–Crippen MR) is 200 cm³/mol. The van der Waals surface area contributed by atoms with E-state index in [9.17, 15) is 0 Å². The van der Waals surface area contributed by atoms with Gasteiger partial charge in [0.15, 0.2) is 5.82 Å². The summed E-state index contributed by atoms with van der Waals surface area (Å²) < 4.78 is 18.3. The molecule has 8 rings (SSSR count). The summed E-state index contributed by atoms with van der Waals surface area (Å²) in [6.07, 6.45) is 1.42. The van der Waals surface area contributed by atoms with Gasteiger partial charge in [0.1, 0.15) is 36.7 Å². The number of para-hydroxylation sites is 2. The summed E-state index contributed by atoms with van der Waals surface area (Å²) in [6, 6.07) is 42.9. The van der Waals surface area contributed by atoms with Crippen LogP contribution in [0.4, 0.5) is 11.5 Å². The standard InChI is InChI=1S/C41H39N7O3/c1-49-38(42-23-28-12-4-2-5-13-28)26-48(31-20-21-34-30(22-31)25-44-47-34)40-32-16-8-10-18-35(32)45-39(46-40)33-17-9-11-19-36(33)50-27-37-41(51-37)43-24-29-14-6-3-7-15-29/h2-22,25,37-38,41-43H,23-24,26-27H2,1H3,(H,44,47). The molecule has 10 nitrogen and oxygen atoms in total. The third-order valence-electron chi connectivity index (χ3n) is 9.05. The molecule has 7 aromatic rings. The fourth-order valence-corrected chi connectivity index (χ4v) is 6.23. The minimum atomic E-state index is -0.319. The van der Waals surface area contributed by atoms with E-state index >= 15 is 0 Å². The SMILES string of the molecule is COC(CN(c1ccc2[nH]ncc2c1)c1nc(-c2ccccc2OCC2OC2NCc2ccccc2)nc2ccccc12)NCc1ccccc1. The average Bonchev–Trinajstić information content (AvgIpc) is 3.78. The molecule has 3 N–H and O–H groups in total. The van der Waals surface area contributed by atoms with Crippen molar-refractivity contribution < 1.29 is 14.2 Å². The first-order valence-corrected chi connectivity index (χ1v) is 17.1. The highest BCUT2D eigenvalue weighted by atomic mass is 16.6. The Morgan fingerprint density at radius 2 is 1.57 bits per heavy atom. The number of nitrogens with one attached hydrogen (secondary N) is 3. The number of nitrogens with zero attached hydrogens (tertiary/aromatic N) is 4. The van der Waals surface area contributed by atoms with Gasteiger partial charge in [0.2, 0.25) is 0 Å². The van der Waals surface area contributed by atoms with Crippen molar-refractivity contribution in [3.63, 3.8) is 0 Å². The Morgan fingerprint density at radius 3 is 2.39 bits per heavy atom. The van der Waals surface area contributed by atoms with Gasteiger partial charge in [0.05, 0.1) is 29.3 Å². The molecule has 10 heteroatoms. The van der Waals surface area contributed by atoms with Crippen LogP contribution >= 0.6 is 0 Å². The summed E-state index contributed by atoms with van der Waals surface area (Å²) >= 11 is 0. The molecule has 3 heterocycles. The number of hydrogen-bond acceptors (Lipinski definition) is 9. The Hall–Kier alpha value is -5.65. The zero-order chi connectivity index (χ0) is 34.4. The van der Waals surface area contributed by atoms with Crippen LogP contribution in [0.3, 0.4) is 0 Å². The third-order valence-corrected chi connectivity index (χ3v) is 9.05. The highest BCUT2D eigenvalue weighted by Crippen LogP contribution is 2.36. The Balaban J connectivity index is 1.10. The highest BCUT2D eigenvalue weighted by molar-refractivity contribution is 5.94. The van der Waals surface area contributed by atoms with E-state index in [1.807, 2.05) is 91.1 Å². The van der Waals surface area contributed by atoms with Crippen LogP contribution in [0.5, 0.6) is 5.75 Å². The Morgan fingerprint density at radius 1 is 0.824 bits per heavy atom. The first-order chi connectivity index (χ1) is 25.2. The lowest BCUT2D eigenvalue weighted by molar-refractivity contribution is 0.0793. The lowest BCUT2D eigenvalue weighted by Crippen LogP contribution is -2.40. The number of methoxy groups -OCH3 is 1. The van der Waals surface area contributed by atoms with Crippen molar-refractivity contribution in [2.45, 2.75) is 31.6 Å². The van der Waals surface area contributed by atoms with Crippen molar-refractivity contribution in [1.82, 2.24) is 30.8 Å². The van der Waals surface area contributed by atoms with Gasteiger partial charge in [-0.15, -0.1) is 0 Å². The van der Waals surface area contributed by atoms with Crippen LogP contribution in [-0.2, 0) is 22.6 Å². The molecule has 0 spiro atoms. The molecule has 1 fully saturated rings. The molecule has 2 aromatic heterocycles. The number of ether oxygens (including phenoxy) is 3. The van der Waals surface area contributed by atoms with E-state index in [0.717, 1.165) is 45.4 Å². The number of rotatable bonds is 15. The first kappa shape index (κ1) is 32.5. The number of aromatic amines is 1. The predicted octanol–water partition coefficient (Wildman–Crippen LogP) is 6.97. The van der Waals surface area contributed by atoms with E-state index in [0.29, 0.717) is 31.3 Å². The van der Waals surface area contributed by atoms with Crippen molar-refractivity contribution in [3.8, 4) is 17.1 Å². The van der Waals surface area contributed by atoms with Crippen LogP contribution in [0.2, 0.25) is 0 Å². The average molecular weight is 678 g/mol. The molecule has 256 valence electrons. The molecule has 3 atom stereocenters. The minimum Gasteiger partial charge on any atom is -0.490 e. The summed E-state index contributed by atoms with van der Waals surface area (Å²) in [4.78, 5) is 12.5. The maximum Gasteiger partial charge on any atom is 0.165 e. The van der Waals surface area contributed by atoms with Crippen LogP contribution in [0.1, 0.15) is 11.1 Å². The number of H-pyrrole nitrogens is 1. The number of fused-ring (bicyclic) bond motifs is 2. The smallest absolute Gasteiger partial charge is 0.165 e. The van der Waals surface area contributed by atoms with Gasteiger partial charge in [-0.05, 0) is 53.6 Å². The molecular weight excluding hydrogens is 638 g/mol. The molecule has 51 heavy (non-hydrogen) atoms. The van der Waals surface area contributed by atoms with E-state index in [4.69, 9.17) is 24.2 Å². The summed E-state index contributed by atoms with van der Waals surface area (Å²) in [6.45, 7) is 2.27. The lowest BCUT2D eigenvalue weighted by atomic mass is 10.1. The van der Waals surface area contributed by atoms with Crippen LogP contribution in [0, 0.1) is 0 Å². The maximum absolute atomic E-state index is 6.39. The summed E-state index contributed by atoms with van der Waals surface area (Å²) in [5.74, 6) is 2.02. The Kier molecular flexibility index (Phi) is 9.62. The molecule has 1 saturated heterocycles. The number of epoxide rings is 1. The second kappa shape index (κ2) is 15.1. The van der Waals surface area contributed by atoms with Crippen LogP contribution in [0.15, 0.2) is 134 Å². The fraction of sp³-hybridized carbons (Fsp3) is 0.195. The van der Waals surface area contributed by atoms with Crippen molar-refractivity contribution >= 4 is 33.3 Å². The molecule has 0 aliphatic carbocycles. The van der Waals surface area contributed by atoms with Gasteiger partial charge in [-0.2, -0.15) is 5.10 Å². The third kappa shape index (κ3) is 7.59. The molecule has 1 aliphatic rings. The molecule has 0 bridgehead atoms. The summed E-state index contributed by atoms with van der Waals surface area (Å²) in [7, 11) is 1.72. The van der Waals surface area contributed by atoms with Gasteiger partial charge in [-0.3, -0.25) is 15.7 Å². The van der Waals surface area contributed by atoms with Gasteiger partial charge in [-0.1, -0.05) is 84.9 Å². The molecule has 0 radical (unpaired) electrons. The number of anilines is 2. The first-order valence-electron chi connectivity index (χ1n) is 17.1. The number of benzene rings is 5. The second-order valence-electron chi connectivity index (χ2n) is 12.5. The van der Waals surface area contributed by atoms with Gasteiger partial charge in [0.25, 0.3) is 0 Å². The maximum atomic E-state index is 6.39. The molecule has 0 amide bonds. The normalized spacial score (nSPS) is 15.9. The minimum absolute atomic E-state index is 0.0439. The van der Waals surface area contributed by atoms with Gasteiger partial charge < -0.3 is 19.1 Å². The molecule has 0 saturated carbocycles. The monoisotopic (exact) mass is 677 g/mol. The number of aromatic nitrogens is 4. The van der Waals surface area contributed by atoms with Crippen molar-refractivity contribution in [3.05, 3.63) is 145 Å². The second-order valence-corrected chi connectivity index (χ2v) is 12.5. The van der Waals surface area contributed by atoms with Crippen LogP contribution in [0.25, 0.3) is 33.2 Å². The van der Waals surface area contributed by atoms with Crippen molar-refractivity contribution in [2.75, 3.05) is 25.2 Å². The van der Waals surface area contributed by atoms with Crippen LogP contribution in [-0.4, -0.2) is 59.0 Å². The largest absolute Gasteiger partial charge is 0.490 e. The number of hydrogen-bond donors (Lipinski definition) is 3. The highest BCUT2D eigenvalue weighted by Gasteiger charge is 2.39. The quantitative estimate of drug-likeness (QED) is 0.0783. The zero-order valence-corrected chi connectivity index (χ0v) is 28.3. The van der Waals surface area contributed by atoms with E-state index in [1.165, 1.54) is 11.1 Å². The molecule has 3 unspecified atom stereocenters.